The van der Waals surface area contributed by atoms with E-state index in [0.717, 1.165) is 5.56 Å². The molecule has 3 rings (SSSR count). The molecule has 0 aliphatic carbocycles. The van der Waals surface area contributed by atoms with Gasteiger partial charge in [-0.25, -0.2) is 4.79 Å². The molecule has 0 fully saturated rings. The van der Waals surface area contributed by atoms with Gasteiger partial charge in [0.2, 0.25) is 0 Å². The summed E-state index contributed by atoms with van der Waals surface area (Å²) in [7, 11) is 1.55. The third-order valence-corrected chi connectivity index (χ3v) is 4.40. The topological polar surface area (TPSA) is 112 Å². The lowest BCUT2D eigenvalue weighted by Crippen LogP contribution is -2.15. The van der Waals surface area contributed by atoms with Crippen LogP contribution in [0.15, 0.2) is 48.7 Å². The van der Waals surface area contributed by atoms with E-state index in [4.69, 9.17) is 14.2 Å². The molecule has 168 valence electrons. The van der Waals surface area contributed by atoms with E-state index in [-0.39, 0.29) is 11.3 Å². The van der Waals surface area contributed by atoms with E-state index in [9.17, 15) is 14.7 Å². The summed E-state index contributed by atoms with van der Waals surface area (Å²) in [5, 5.41) is 15.6. The molecule has 0 bridgehead atoms. The lowest BCUT2D eigenvalue weighted by Gasteiger charge is -2.13. The van der Waals surface area contributed by atoms with Gasteiger partial charge in [-0.2, -0.15) is 5.10 Å². The van der Waals surface area contributed by atoms with Crippen LogP contribution in [-0.2, 0) is 13.7 Å². The van der Waals surface area contributed by atoms with Crippen molar-refractivity contribution in [3.8, 4) is 17.2 Å². The van der Waals surface area contributed by atoms with Crippen LogP contribution in [-0.4, -0.2) is 40.0 Å². The number of amides is 1. The molecule has 2 N–H and O–H groups in total. The lowest BCUT2D eigenvalue weighted by molar-refractivity contribution is 0.0685. The normalized spacial score (nSPS) is 10.5. The summed E-state index contributed by atoms with van der Waals surface area (Å²) in [4.78, 5) is 23.7. The number of aromatic nitrogens is 2. The standard InChI is InChI=1S/C23H25N3O6/c1-4-30-19-11-6-15(12-20(19)31-5-2)14-32-17-9-7-16(8-10-17)24-22(27)18-13-26(3)25-21(18)23(28)29/h6-13H,4-5,14H2,1-3H3,(H,24,27)(H,28,29). The van der Waals surface area contributed by atoms with Crippen LogP contribution < -0.4 is 19.5 Å². The van der Waals surface area contributed by atoms with E-state index in [2.05, 4.69) is 10.4 Å². The SMILES string of the molecule is CCOc1ccc(COc2ccc(NC(=O)c3cn(C)nc3C(=O)O)cc2)cc1OCC. The molecule has 0 atom stereocenters. The minimum absolute atomic E-state index is 0.0130. The van der Waals surface area contributed by atoms with Crippen molar-refractivity contribution in [2.24, 2.45) is 7.05 Å². The molecule has 0 saturated heterocycles. The molecule has 0 unspecified atom stereocenters. The van der Waals surface area contributed by atoms with Gasteiger partial charge in [-0.1, -0.05) is 6.07 Å². The molecule has 0 saturated carbocycles. The monoisotopic (exact) mass is 439 g/mol. The Labute approximate surface area is 185 Å². The molecule has 9 heteroatoms. The number of carboxylic acid groups (broad SMARTS) is 1. The van der Waals surface area contributed by atoms with Crippen LogP contribution in [0.4, 0.5) is 5.69 Å². The number of aryl methyl sites for hydroxylation is 1. The number of aromatic carboxylic acids is 1. The van der Waals surface area contributed by atoms with Crippen molar-refractivity contribution in [2.75, 3.05) is 18.5 Å². The van der Waals surface area contributed by atoms with Crippen LogP contribution >= 0.6 is 0 Å². The second-order valence-electron chi connectivity index (χ2n) is 6.78. The van der Waals surface area contributed by atoms with Crippen molar-refractivity contribution in [1.82, 2.24) is 9.78 Å². The summed E-state index contributed by atoms with van der Waals surface area (Å²) < 4.78 is 18.3. The number of carboxylic acids is 1. The van der Waals surface area contributed by atoms with Crippen molar-refractivity contribution in [3.63, 3.8) is 0 Å². The predicted molar refractivity (Wildman–Crippen MR) is 118 cm³/mol. The molecule has 1 heterocycles. The molecule has 0 spiro atoms. The van der Waals surface area contributed by atoms with Gasteiger partial charge >= 0.3 is 5.97 Å². The average molecular weight is 439 g/mol. The molecule has 3 aromatic rings. The molecule has 9 nitrogen and oxygen atoms in total. The number of rotatable bonds is 10. The molecule has 0 aliphatic heterocycles. The van der Waals surface area contributed by atoms with Gasteiger partial charge in [-0.05, 0) is 55.8 Å². The first kappa shape index (κ1) is 22.7. The van der Waals surface area contributed by atoms with E-state index in [1.807, 2.05) is 32.0 Å². The summed E-state index contributed by atoms with van der Waals surface area (Å²) in [6.07, 6.45) is 1.36. The van der Waals surface area contributed by atoms with E-state index in [0.29, 0.717) is 42.8 Å². The van der Waals surface area contributed by atoms with Crippen LogP contribution in [0, 0.1) is 0 Å². The summed E-state index contributed by atoms with van der Waals surface area (Å²) in [6, 6.07) is 12.4. The average Bonchev–Trinajstić information content (AvgIpc) is 3.17. The fourth-order valence-electron chi connectivity index (χ4n) is 3.00. The van der Waals surface area contributed by atoms with Crippen LogP contribution in [0.5, 0.6) is 17.2 Å². The maximum atomic E-state index is 12.4. The van der Waals surface area contributed by atoms with Gasteiger partial charge in [-0.3, -0.25) is 9.48 Å². The predicted octanol–water partition coefficient (Wildman–Crippen LogP) is 3.75. The zero-order valence-electron chi connectivity index (χ0n) is 18.1. The Kier molecular flexibility index (Phi) is 7.33. The smallest absolute Gasteiger partial charge is 0.357 e. The Morgan fingerprint density at radius 3 is 2.34 bits per heavy atom. The summed E-state index contributed by atoms with van der Waals surface area (Å²) in [6.45, 7) is 5.24. The number of carbonyl (C=O) groups is 2. The second-order valence-corrected chi connectivity index (χ2v) is 6.78. The van der Waals surface area contributed by atoms with Crippen LogP contribution in [0.2, 0.25) is 0 Å². The Morgan fingerprint density at radius 2 is 1.69 bits per heavy atom. The van der Waals surface area contributed by atoms with E-state index >= 15 is 0 Å². The van der Waals surface area contributed by atoms with E-state index < -0.39 is 11.9 Å². The van der Waals surface area contributed by atoms with Gasteiger partial charge in [0.15, 0.2) is 17.2 Å². The maximum absolute atomic E-state index is 12.4. The minimum atomic E-state index is -1.26. The molecule has 1 aromatic heterocycles. The highest BCUT2D eigenvalue weighted by molar-refractivity contribution is 6.09. The number of nitrogens with zero attached hydrogens (tertiary/aromatic N) is 2. The van der Waals surface area contributed by atoms with Crippen molar-refractivity contribution >= 4 is 17.6 Å². The zero-order valence-corrected chi connectivity index (χ0v) is 18.1. The highest BCUT2D eigenvalue weighted by Crippen LogP contribution is 2.29. The number of nitrogens with one attached hydrogen (secondary N) is 1. The molecule has 32 heavy (non-hydrogen) atoms. The highest BCUT2D eigenvalue weighted by Gasteiger charge is 2.21. The van der Waals surface area contributed by atoms with Gasteiger partial charge in [0, 0.05) is 18.9 Å². The number of benzene rings is 2. The number of ether oxygens (including phenoxy) is 3. The summed E-state index contributed by atoms with van der Waals surface area (Å²) in [5.41, 5.74) is 1.11. The van der Waals surface area contributed by atoms with Gasteiger partial charge in [-0.15, -0.1) is 0 Å². The fourth-order valence-corrected chi connectivity index (χ4v) is 3.00. The summed E-state index contributed by atoms with van der Waals surface area (Å²) >= 11 is 0. The highest BCUT2D eigenvalue weighted by atomic mass is 16.5. The first-order valence-corrected chi connectivity index (χ1v) is 10.1. The molecule has 1 amide bonds. The number of hydrogen-bond acceptors (Lipinski definition) is 6. The Morgan fingerprint density at radius 1 is 1.00 bits per heavy atom. The van der Waals surface area contributed by atoms with Crippen molar-refractivity contribution < 1.29 is 28.9 Å². The van der Waals surface area contributed by atoms with Crippen molar-refractivity contribution in [1.29, 1.82) is 0 Å². The van der Waals surface area contributed by atoms with Gasteiger partial charge in [0.1, 0.15) is 12.4 Å². The molecular weight excluding hydrogens is 414 g/mol. The molecular formula is C23H25N3O6. The second kappa shape index (κ2) is 10.3. The fraction of sp³-hybridized carbons (Fsp3) is 0.261. The summed E-state index contributed by atoms with van der Waals surface area (Å²) in [5.74, 6) is 0.160. The van der Waals surface area contributed by atoms with Crippen molar-refractivity contribution in [2.45, 2.75) is 20.5 Å². The zero-order chi connectivity index (χ0) is 23.1. The third-order valence-electron chi connectivity index (χ3n) is 4.40. The number of hydrogen-bond donors (Lipinski definition) is 2. The minimum Gasteiger partial charge on any atom is -0.490 e. The Bertz CT molecular complexity index is 1090. The quantitative estimate of drug-likeness (QED) is 0.495. The van der Waals surface area contributed by atoms with Gasteiger partial charge in [0.25, 0.3) is 5.91 Å². The molecule has 0 aliphatic rings. The van der Waals surface area contributed by atoms with E-state index in [1.54, 1.807) is 31.3 Å². The van der Waals surface area contributed by atoms with E-state index in [1.165, 1.54) is 10.9 Å². The number of carbonyl (C=O) groups excluding carboxylic acids is 1. The Hall–Kier alpha value is -4.01. The van der Waals surface area contributed by atoms with Gasteiger partial charge in [0.05, 0.1) is 18.8 Å². The lowest BCUT2D eigenvalue weighted by atomic mass is 10.2. The first-order valence-electron chi connectivity index (χ1n) is 10.1. The van der Waals surface area contributed by atoms with Crippen molar-refractivity contribution in [3.05, 3.63) is 65.5 Å². The van der Waals surface area contributed by atoms with Crippen LogP contribution in [0.25, 0.3) is 0 Å². The van der Waals surface area contributed by atoms with Crippen LogP contribution in [0.1, 0.15) is 40.3 Å². The largest absolute Gasteiger partial charge is 0.490 e. The third kappa shape index (κ3) is 5.57. The molecule has 2 aromatic carbocycles. The first-order chi connectivity index (χ1) is 15.4. The number of anilines is 1. The Balaban J connectivity index is 1.62. The molecule has 0 radical (unpaired) electrons. The maximum Gasteiger partial charge on any atom is 0.357 e. The van der Waals surface area contributed by atoms with Crippen LogP contribution in [0.3, 0.4) is 0 Å². The van der Waals surface area contributed by atoms with Gasteiger partial charge < -0.3 is 24.6 Å².